The number of Topliss-reactive ketones (excluding diaryl/α,β-unsaturated/α-hetero) is 1. The maximum atomic E-state index is 15.9. The van der Waals surface area contributed by atoms with E-state index in [9.17, 15) is 28.8 Å². The summed E-state index contributed by atoms with van der Waals surface area (Å²) in [4.78, 5) is 92.8. The number of carbonyl (C=O) groups is 6. The molecule has 0 fully saturated rings. The zero-order valence-electron chi connectivity index (χ0n) is 33.4. The van der Waals surface area contributed by atoms with E-state index < -0.39 is 89.2 Å². The molecule has 5 N–H and O–H groups in total. The van der Waals surface area contributed by atoms with E-state index in [4.69, 9.17) is 4.74 Å². The summed E-state index contributed by atoms with van der Waals surface area (Å²) in [5, 5.41) is 12.1. The van der Waals surface area contributed by atoms with Gasteiger partial charge < -0.3 is 31.3 Å². The lowest BCUT2D eigenvalue weighted by Gasteiger charge is -2.29. The van der Waals surface area contributed by atoms with E-state index in [1.165, 1.54) is 18.6 Å². The Morgan fingerprint density at radius 1 is 0.789 bits per heavy atom. The van der Waals surface area contributed by atoms with Gasteiger partial charge in [0.2, 0.25) is 23.5 Å². The van der Waals surface area contributed by atoms with Gasteiger partial charge in [0.1, 0.15) is 29.9 Å². The van der Waals surface area contributed by atoms with Crippen molar-refractivity contribution < 1.29 is 42.3 Å². The van der Waals surface area contributed by atoms with Crippen molar-refractivity contribution in [3.63, 3.8) is 0 Å². The van der Waals surface area contributed by atoms with Crippen LogP contribution in [0.3, 0.4) is 0 Å². The van der Waals surface area contributed by atoms with Gasteiger partial charge in [-0.2, -0.15) is 8.78 Å². The van der Waals surface area contributed by atoms with Gasteiger partial charge in [0.15, 0.2) is 0 Å². The van der Waals surface area contributed by atoms with Crippen molar-refractivity contribution >= 4 is 47.9 Å². The Kier molecular flexibility index (Phi) is 16.9. The third-order valence-electron chi connectivity index (χ3n) is 8.84. The zero-order chi connectivity index (χ0) is 42.3. The van der Waals surface area contributed by atoms with Gasteiger partial charge in [0, 0.05) is 31.5 Å². The topological polar surface area (TPSA) is 209 Å². The molecule has 5 atom stereocenters. The number of nitrogens with one attached hydrogen (secondary N) is 5. The van der Waals surface area contributed by atoms with Crippen LogP contribution in [0.4, 0.5) is 13.6 Å². The summed E-state index contributed by atoms with van der Waals surface area (Å²) in [5.74, 6) is -12.2. The smallest absolute Gasteiger partial charge is 0.408 e. The molecule has 5 amide bonds. The fraction of sp³-hybridized carbons (Fsp3) is 0.525. The number of pyridine rings is 1. The Hall–Kier alpha value is -5.61. The van der Waals surface area contributed by atoms with Crippen molar-refractivity contribution in [1.82, 2.24) is 31.6 Å². The Morgan fingerprint density at radius 3 is 1.98 bits per heavy atom. The summed E-state index contributed by atoms with van der Waals surface area (Å²) in [5.41, 5.74) is 0.279. The van der Waals surface area contributed by atoms with Crippen molar-refractivity contribution in [3.8, 4) is 0 Å². The summed E-state index contributed by atoms with van der Waals surface area (Å²) in [7, 11) is 0. The van der Waals surface area contributed by atoms with Crippen molar-refractivity contribution in [1.29, 1.82) is 0 Å². The monoisotopic (exact) mass is 796 g/mol. The molecule has 310 valence electrons. The van der Waals surface area contributed by atoms with Gasteiger partial charge in [-0.1, -0.05) is 70.5 Å². The van der Waals surface area contributed by atoms with Crippen molar-refractivity contribution in [2.45, 2.75) is 123 Å². The minimum Gasteiger partial charge on any atom is -0.444 e. The normalized spacial score (nSPS) is 15.5. The van der Waals surface area contributed by atoms with E-state index in [0.29, 0.717) is 17.7 Å². The molecule has 1 aromatic carbocycles. The number of aliphatic imine (C=N–C) groups is 2. The minimum absolute atomic E-state index is 0.00536. The zero-order valence-corrected chi connectivity index (χ0v) is 33.4. The molecule has 15 nitrogen and oxygen atoms in total. The van der Waals surface area contributed by atoms with Crippen molar-refractivity contribution in [2.24, 2.45) is 21.8 Å². The molecule has 0 saturated heterocycles. The van der Waals surface area contributed by atoms with Gasteiger partial charge in [-0.3, -0.25) is 38.9 Å². The van der Waals surface area contributed by atoms with E-state index in [-0.39, 0.29) is 25.8 Å². The van der Waals surface area contributed by atoms with Gasteiger partial charge in [-0.25, -0.2) is 4.79 Å². The van der Waals surface area contributed by atoms with Gasteiger partial charge in [0.25, 0.3) is 5.91 Å². The number of ketones is 1. The first kappa shape index (κ1) is 45.8. The largest absolute Gasteiger partial charge is 0.444 e. The van der Waals surface area contributed by atoms with E-state index in [1.54, 1.807) is 97.0 Å². The second-order valence-electron chi connectivity index (χ2n) is 15.3. The Bertz CT molecular complexity index is 1740. The molecule has 1 aliphatic heterocycles. The number of ether oxygens (including phenoxy) is 1. The van der Waals surface area contributed by atoms with Crippen LogP contribution in [0.1, 0.15) is 79.0 Å². The minimum atomic E-state index is -4.68. The molecule has 17 heteroatoms. The molecular formula is C40H54F2N8O7. The highest BCUT2D eigenvalue weighted by Gasteiger charge is 2.52. The summed E-state index contributed by atoms with van der Waals surface area (Å²) < 4.78 is 37.1. The number of nitrogens with zero attached hydrogens (tertiary/aromatic N) is 3. The third kappa shape index (κ3) is 14.8. The lowest BCUT2D eigenvalue weighted by molar-refractivity contribution is -0.162. The lowest BCUT2D eigenvalue weighted by Crippen LogP contribution is -2.61. The first-order chi connectivity index (χ1) is 26.8. The number of alkyl halides is 2. The van der Waals surface area contributed by atoms with Crippen molar-refractivity contribution in [3.05, 3.63) is 66.0 Å². The molecule has 57 heavy (non-hydrogen) atoms. The van der Waals surface area contributed by atoms with E-state index in [0.717, 1.165) is 0 Å². The van der Waals surface area contributed by atoms with Gasteiger partial charge in [-0.15, -0.1) is 0 Å². The SMILES string of the molecule is CC[C@H](C)[C@H](NC(=O)C(F)(F)C(=O)[C@H](CC(C)C)NC(=O)[C@H](CC1N=CC=N1)NC(=O)[C@H](Cc1ccccc1)NC(=O)OC(C)(C)C)C(=O)NCc1ccccn1. The summed E-state index contributed by atoms with van der Waals surface area (Å²) in [6, 6.07) is 7.73. The van der Waals surface area contributed by atoms with Crippen LogP contribution in [0.25, 0.3) is 0 Å². The maximum absolute atomic E-state index is 15.9. The summed E-state index contributed by atoms with van der Waals surface area (Å²) in [6.07, 6.45) is 2.35. The average Bonchev–Trinajstić information content (AvgIpc) is 3.67. The first-order valence-corrected chi connectivity index (χ1v) is 18.9. The number of rotatable bonds is 20. The molecule has 3 rings (SSSR count). The second kappa shape index (κ2) is 21.1. The molecule has 0 saturated carbocycles. The molecule has 1 aliphatic rings. The molecule has 2 heterocycles. The number of hydrogen-bond acceptors (Lipinski definition) is 10. The van der Waals surface area contributed by atoms with Crippen LogP contribution in [-0.4, -0.2) is 94.8 Å². The van der Waals surface area contributed by atoms with Crippen LogP contribution in [-0.2, 0) is 41.7 Å². The van der Waals surface area contributed by atoms with Crippen LogP contribution in [0, 0.1) is 11.8 Å². The molecule has 0 bridgehead atoms. The molecule has 1 aromatic heterocycles. The van der Waals surface area contributed by atoms with Crippen LogP contribution in [0.15, 0.2) is 64.7 Å². The fourth-order valence-electron chi connectivity index (χ4n) is 5.69. The highest BCUT2D eigenvalue weighted by molar-refractivity contribution is 6.17. The molecule has 0 unspecified atom stereocenters. The highest BCUT2D eigenvalue weighted by atomic mass is 19.3. The number of hydrogen-bond donors (Lipinski definition) is 5. The quantitative estimate of drug-likeness (QED) is 0.125. The van der Waals surface area contributed by atoms with E-state index >= 15 is 8.78 Å². The predicted octanol–water partition coefficient (Wildman–Crippen LogP) is 3.46. The van der Waals surface area contributed by atoms with Crippen molar-refractivity contribution in [2.75, 3.05) is 0 Å². The van der Waals surface area contributed by atoms with Crippen LogP contribution in [0.2, 0.25) is 0 Å². The third-order valence-corrected chi connectivity index (χ3v) is 8.84. The molecule has 0 spiro atoms. The van der Waals surface area contributed by atoms with Crippen LogP contribution >= 0.6 is 0 Å². The molecule has 2 aromatic rings. The lowest BCUT2D eigenvalue weighted by atomic mass is 9.94. The maximum Gasteiger partial charge on any atom is 0.408 e. The van der Waals surface area contributed by atoms with Gasteiger partial charge in [-0.05, 0) is 56.7 Å². The molecule has 0 radical (unpaired) electrons. The first-order valence-electron chi connectivity index (χ1n) is 18.9. The second-order valence-corrected chi connectivity index (χ2v) is 15.3. The van der Waals surface area contributed by atoms with E-state index in [1.807, 2.05) is 0 Å². The Balaban J connectivity index is 1.84. The predicted molar refractivity (Wildman–Crippen MR) is 209 cm³/mol. The number of amides is 5. The van der Waals surface area contributed by atoms with Crippen LogP contribution < -0.4 is 26.6 Å². The summed E-state index contributed by atoms with van der Waals surface area (Å²) >= 11 is 0. The molecule has 0 aliphatic carbocycles. The summed E-state index contributed by atoms with van der Waals surface area (Å²) in [6.45, 7) is 11.5. The Morgan fingerprint density at radius 2 is 1.40 bits per heavy atom. The van der Waals surface area contributed by atoms with Crippen LogP contribution in [0.5, 0.6) is 0 Å². The standard InChI is InChI=1S/C40H54F2N8O7/c1-8-25(4)32(36(54)46-23-27-16-12-13-17-43-27)50-37(55)40(41,42)33(51)28(20-24(2)3)47-35(53)30(22-31-44-18-19-45-31)48-34(52)29(21-26-14-10-9-11-15-26)49-38(56)57-39(5,6)7/h9-19,24-25,28-32H,8,20-23H2,1-7H3,(H,46,54)(H,47,53)(H,48,52)(H,49,56)(H,50,55)/t25-,28-,29-,30-,32-/m0/s1. The highest BCUT2D eigenvalue weighted by Crippen LogP contribution is 2.23. The average molecular weight is 797 g/mol. The fourth-order valence-corrected chi connectivity index (χ4v) is 5.69. The number of alkyl carbamates (subject to hydrolysis) is 1. The van der Waals surface area contributed by atoms with E-state index in [2.05, 4.69) is 41.6 Å². The number of benzene rings is 1. The van der Waals surface area contributed by atoms with Gasteiger partial charge >= 0.3 is 12.0 Å². The number of carbonyl (C=O) groups excluding carboxylic acids is 6. The van der Waals surface area contributed by atoms with Gasteiger partial charge in [0.05, 0.1) is 18.3 Å². The number of halogens is 2. The molecular weight excluding hydrogens is 742 g/mol. The Labute approximate surface area is 331 Å². The number of aromatic nitrogens is 1.